The van der Waals surface area contributed by atoms with Crippen molar-refractivity contribution in [3.8, 4) is 5.75 Å². The highest BCUT2D eigenvalue weighted by atomic mass is 19.1. The zero-order chi connectivity index (χ0) is 23.8. The quantitative estimate of drug-likeness (QED) is 0.574. The molecule has 1 spiro atoms. The molecule has 5 rings (SSSR count). The van der Waals surface area contributed by atoms with Gasteiger partial charge in [-0.1, -0.05) is 5.10 Å². The highest BCUT2D eigenvalue weighted by molar-refractivity contribution is 5.37. The third-order valence-corrected chi connectivity index (χ3v) is 7.74. The first-order valence-electron chi connectivity index (χ1n) is 12.2. The van der Waals surface area contributed by atoms with Crippen LogP contribution < -0.4 is 9.64 Å². The van der Waals surface area contributed by atoms with Crippen LogP contribution in [0, 0.1) is 5.82 Å². The van der Waals surface area contributed by atoms with Gasteiger partial charge in [-0.05, 0) is 70.3 Å². The van der Waals surface area contributed by atoms with Crippen LogP contribution in [0.2, 0.25) is 0 Å². The first kappa shape index (κ1) is 23.5. The predicted octanol–water partition coefficient (Wildman–Crippen LogP) is 3.63. The van der Waals surface area contributed by atoms with Crippen molar-refractivity contribution in [2.24, 2.45) is 0 Å². The lowest BCUT2D eigenvalue weighted by atomic mass is 9.86. The molecule has 0 radical (unpaired) electrons. The van der Waals surface area contributed by atoms with E-state index < -0.39 is 0 Å². The van der Waals surface area contributed by atoms with Crippen molar-refractivity contribution in [2.45, 2.75) is 62.7 Å². The summed E-state index contributed by atoms with van der Waals surface area (Å²) in [5, 5.41) is 7.74. The van der Waals surface area contributed by atoms with Crippen molar-refractivity contribution >= 4 is 6.01 Å². The lowest BCUT2D eigenvalue weighted by Gasteiger charge is -2.46. The molecule has 3 aliphatic rings. The second-order valence-electron chi connectivity index (χ2n) is 10.5. The number of methoxy groups -OCH3 is 1. The van der Waals surface area contributed by atoms with E-state index in [-0.39, 0.29) is 17.0 Å². The minimum atomic E-state index is -0.241. The SMILES string of the molecule is COC(C)(C)CCOc1ccc(F)cc1C1CCN(C2COC3(C2)CN(c2nnco2)C3)CC1. The molecule has 0 amide bonds. The summed E-state index contributed by atoms with van der Waals surface area (Å²) in [7, 11) is 1.71. The van der Waals surface area contributed by atoms with Crippen molar-refractivity contribution in [3.05, 3.63) is 36.0 Å². The molecule has 0 N–H and O–H groups in total. The minimum Gasteiger partial charge on any atom is -0.493 e. The fraction of sp³-hybridized carbons (Fsp3) is 0.680. The average Bonchev–Trinajstić information content (AvgIpc) is 3.50. The topological polar surface area (TPSA) is 73.1 Å². The summed E-state index contributed by atoms with van der Waals surface area (Å²) in [4.78, 5) is 4.61. The van der Waals surface area contributed by atoms with E-state index >= 15 is 0 Å². The van der Waals surface area contributed by atoms with E-state index in [0.29, 0.717) is 24.6 Å². The van der Waals surface area contributed by atoms with Gasteiger partial charge in [-0.2, -0.15) is 0 Å². The number of aromatic nitrogens is 2. The lowest BCUT2D eigenvalue weighted by molar-refractivity contribution is -0.0216. The molecule has 34 heavy (non-hydrogen) atoms. The Morgan fingerprint density at radius 2 is 2.03 bits per heavy atom. The molecule has 1 unspecified atom stereocenters. The van der Waals surface area contributed by atoms with Crippen LogP contribution in [-0.2, 0) is 9.47 Å². The minimum absolute atomic E-state index is 0.102. The maximum absolute atomic E-state index is 14.1. The van der Waals surface area contributed by atoms with Crippen molar-refractivity contribution in [1.82, 2.24) is 15.1 Å². The second kappa shape index (κ2) is 9.43. The molecule has 9 heteroatoms. The van der Waals surface area contributed by atoms with Gasteiger partial charge in [0.2, 0.25) is 6.39 Å². The number of ether oxygens (including phenoxy) is 3. The smallest absolute Gasteiger partial charge is 0.318 e. The first-order chi connectivity index (χ1) is 16.4. The van der Waals surface area contributed by atoms with Crippen molar-refractivity contribution in [1.29, 1.82) is 0 Å². The molecule has 4 heterocycles. The number of rotatable bonds is 8. The number of halogens is 1. The lowest BCUT2D eigenvalue weighted by Crippen LogP contribution is -2.62. The van der Waals surface area contributed by atoms with Crippen LogP contribution in [0.15, 0.2) is 29.0 Å². The van der Waals surface area contributed by atoms with Gasteiger partial charge < -0.3 is 23.5 Å². The molecule has 1 aromatic heterocycles. The highest BCUT2D eigenvalue weighted by Crippen LogP contribution is 2.41. The Kier molecular flexibility index (Phi) is 6.52. The molecule has 2 aromatic rings. The number of likely N-dealkylation sites (tertiary alicyclic amines) is 1. The summed E-state index contributed by atoms with van der Waals surface area (Å²) in [6.07, 6.45) is 5.12. The van der Waals surface area contributed by atoms with Gasteiger partial charge in [-0.25, -0.2) is 4.39 Å². The Hall–Kier alpha value is -2.23. The Morgan fingerprint density at radius 1 is 1.24 bits per heavy atom. The van der Waals surface area contributed by atoms with E-state index in [1.54, 1.807) is 19.2 Å². The molecule has 3 saturated heterocycles. The number of piperidine rings is 1. The summed E-state index contributed by atoms with van der Waals surface area (Å²) in [5.74, 6) is 0.889. The van der Waals surface area contributed by atoms with Gasteiger partial charge in [0, 0.05) is 25.1 Å². The molecule has 0 bridgehead atoms. The Balaban J connectivity index is 1.14. The van der Waals surface area contributed by atoms with Crippen LogP contribution in [0.1, 0.15) is 51.0 Å². The van der Waals surface area contributed by atoms with Crippen LogP contribution in [0.4, 0.5) is 10.4 Å². The molecule has 1 aromatic carbocycles. The van der Waals surface area contributed by atoms with Crippen LogP contribution in [-0.4, -0.2) is 78.8 Å². The van der Waals surface area contributed by atoms with Gasteiger partial charge in [-0.3, -0.25) is 4.90 Å². The Morgan fingerprint density at radius 3 is 2.74 bits per heavy atom. The van der Waals surface area contributed by atoms with Gasteiger partial charge in [0.05, 0.1) is 31.9 Å². The van der Waals surface area contributed by atoms with Crippen molar-refractivity contribution in [2.75, 3.05) is 51.4 Å². The number of hydrogen-bond acceptors (Lipinski definition) is 8. The third kappa shape index (κ3) is 4.92. The summed E-state index contributed by atoms with van der Waals surface area (Å²) >= 11 is 0. The van der Waals surface area contributed by atoms with E-state index in [1.165, 1.54) is 12.5 Å². The maximum atomic E-state index is 14.1. The fourth-order valence-corrected chi connectivity index (χ4v) is 5.42. The monoisotopic (exact) mass is 474 g/mol. The molecular weight excluding hydrogens is 439 g/mol. The van der Waals surface area contributed by atoms with Crippen molar-refractivity contribution < 1.29 is 23.0 Å². The fourth-order valence-electron chi connectivity index (χ4n) is 5.42. The zero-order valence-electron chi connectivity index (χ0n) is 20.3. The van der Waals surface area contributed by atoms with Crippen LogP contribution in [0.5, 0.6) is 5.75 Å². The molecule has 3 fully saturated rings. The molecule has 3 aliphatic heterocycles. The molecule has 0 saturated carbocycles. The maximum Gasteiger partial charge on any atom is 0.318 e. The van der Waals surface area contributed by atoms with E-state index in [9.17, 15) is 4.39 Å². The van der Waals surface area contributed by atoms with Gasteiger partial charge in [-0.15, -0.1) is 5.10 Å². The highest BCUT2D eigenvalue weighted by Gasteiger charge is 2.52. The van der Waals surface area contributed by atoms with Gasteiger partial charge in [0.15, 0.2) is 0 Å². The zero-order valence-corrected chi connectivity index (χ0v) is 20.3. The molecule has 8 nitrogen and oxygen atoms in total. The van der Waals surface area contributed by atoms with E-state index in [1.807, 2.05) is 13.8 Å². The van der Waals surface area contributed by atoms with Crippen LogP contribution in [0.25, 0.3) is 0 Å². The van der Waals surface area contributed by atoms with E-state index in [0.717, 1.165) is 69.8 Å². The molecular formula is C25H35FN4O4. The van der Waals surface area contributed by atoms with Gasteiger partial charge in [0.25, 0.3) is 0 Å². The average molecular weight is 475 g/mol. The first-order valence-corrected chi connectivity index (χ1v) is 12.2. The standard InChI is InChI=1S/C25H35FN4O4/c1-24(2,31-3)8-11-32-22-5-4-19(26)12-21(22)18-6-9-29(10-7-18)20-13-25(34-14-20)15-30(16-25)23-28-27-17-33-23/h4-5,12,17-18,20H,6-11,13-16H2,1-3H3. The summed E-state index contributed by atoms with van der Waals surface area (Å²) < 4.78 is 37.3. The van der Waals surface area contributed by atoms with Crippen molar-refractivity contribution in [3.63, 3.8) is 0 Å². The predicted molar refractivity (Wildman–Crippen MR) is 125 cm³/mol. The number of benzene rings is 1. The van der Waals surface area contributed by atoms with Crippen LogP contribution >= 0.6 is 0 Å². The van der Waals surface area contributed by atoms with Gasteiger partial charge >= 0.3 is 6.01 Å². The number of nitrogens with zero attached hydrogens (tertiary/aromatic N) is 4. The number of anilines is 1. The summed E-state index contributed by atoms with van der Waals surface area (Å²) in [6, 6.07) is 5.91. The normalized spacial score (nSPS) is 23.4. The second-order valence-corrected chi connectivity index (χ2v) is 10.5. The van der Waals surface area contributed by atoms with Gasteiger partial charge in [0.1, 0.15) is 17.2 Å². The molecule has 1 atom stereocenters. The number of hydrogen-bond donors (Lipinski definition) is 0. The summed E-state index contributed by atoms with van der Waals surface area (Å²) in [5.41, 5.74) is 0.646. The molecule has 0 aliphatic carbocycles. The van der Waals surface area contributed by atoms with Crippen LogP contribution in [0.3, 0.4) is 0 Å². The molecule has 186 valence electrons. The Bertz CT molecular complexity index is 956. The largest absolute Gasteiger partial charge is 0.493 e. The summed E-state index contributed by atoms with van der Waals surface area (Å²) in [6.45, 7) is 8.94. The third-order valence-electron chi connectivity index (χ3n) is 7.74. The van der Waals surface area contributed by atoms with E-state index in [2.05, 4.69) is 20.0 Å². The Labute approximate surface area is 200 Å². The van der Waals surface area contributed by atoms with E-state index in [4.69, 9.17) is 18.6 Å².